The van der Waals surface area contributed by atoms with Gasteiger partial charge >= 0.3 is 0 Å². The second-order valence-electron chi connectivity index (χ2n) is 9.42. The lowest BCUT2D eigenvalue weighted by atomic mass is 9.76. The van der Waals surface area contributed by atoms with E-state index in [0.29, 0.717) is 5.92 Å². The predicted octanol–water partition coefficient (Wildman–Crippen LogP) is 6.45. The number of piperidine rings is 1. The van der Waals surface area contributed by atoms with E-state index in [1.807, 2.05) is 0 Å². The van der Waals surface area contributed by atoms with Gasteiger partial charge in [0, 0.05) is 6.54 Å². The third-order valence-corrected chi connectivity index (χ3v) is 7.01. The molecule has 1 aliphatic carbocycles. The Kier molecular flexibility index (Phi) is 6.61. The Morgan fingerprint density at radius 1 is 0.840 bits per heavy atom. The first-order chi connectivity index (χ1) is 12.0. The van der Waals surface area contributed by atoms with Crippen molar-refractivity contribution in [2.75, 3.05) is 19.6 Å². The summed E-state index contributed by atoms with van der Waals surface area (Å²) in [5.41, 5.74) is 3.04. The molecule has 2 fully saturated rings. The van der Waals surface area contributed by atoms with E-state index in [0.717, 1.165) is 23.7 Å². The highest BCUT2D eigenvalue weighted by molar-refractivity contribution is 5.27. The Morgan fingerprint density at radius 2 is 1.44 bits per heavy atom. The number of hydrogen-bond acceptors (Lipinski definition) is 1. The van der Waals surface area contributed by atoms with E-state index in [2.05, 4.69) is 56.9 Å². The summed E-state index contributed by atoms with van der Waals surface area (Å²) in [6.07, 6.45) is 8.59. The Balaban J connectivity index is 1.43. The summed E-state index contributed by atoms with van der Waals surface area (Å²) in [4.78, 5) is 2.76. The molecule has 1 aromatic carbocycles. The van der Waals surface area contributed by atoms with Crippen molar-refractivity contribution in [3.05, 3.63) is 35.4 Å². The summed E-state index contributed by atoms with van der Waals surface area (Å²) in [6.45, 7) is 13.3. The molecule has 0 atom stereocenters. The number of rotatable bonds is 5. The smallest absolute Gasteiger partial charge is 0.000967 e. The van der Waals surface area contributed by atoms with Gasteiger partial charge in [-0.15, -0.1) is 0 Å². The van der Waals surface area contributed by atoms with Gasteiger partial charge < -0.3 is 4.90 Å². The third-order valence-electron chi connectivity index (χ3n) is 7.01. The average molecular weight is 342 g/mol. The molecule has 0 radical (unpaired) electrons. The molecule has 2 aliphatic rings. The summed E-state index contributed by atoms with van der Waals surface area (Å²) in [5.74, 6) is 4.28. The molecule has 1 heteroatoms. The summed E-state index contributed by atoms with van der Waals surface area (Å²) in [6, 6.07) is 9.48. The molecule has 1 heterocycles. The first kappa shape index (κ1) is 19.0. The van der Waals surface area contributed by atoms with Crippen LogP contribution in [0, 0.1) is 17.8 Å². The fourth-order valence-corrected chi connectivity index (χ4v) is 5.00. The summed E-state index contributed by atoms with van der Waals surface area (Å²) in [7, 11) is 0. The van der Waals surface area contributed by atoms with Crippen LogP contribution < -0.4 is 0 Å². The Bertz CT molecular complexity index is 499. The van der Waals surface area contributed by atoms with E-state index in [4.69, 9.17) is 0 Å². The highest BCUT2D eigenvalue weighted by Crippen LogP contribution is 2.35. The molecule has 0 unspecified atom stereocenters. The van der Waals surface area contributed by atoms with Gasteiger partial charge in [-0.2, -0.15) is 0 Å². The van der Waals surface area contributed by atoms with E-state index in [1.165, 1.54) is 63.7 Å². The number of benzene rings is 1. The SMILES string of the molecule is CC(C)c1ccc(C2CCN(CC3CCC(C(C)C)CC3)CC2)cc1. The standard InChI is InChI=1S/C24H39N/c1-18(2)21-7-5-20(6-8-21)17-25-15-13-24(14-16-25)23-11-9-22(10-12-23)19(3)4/h9-12,18-21,24H,5-8,13-17H2,1-4H3. The topological polar surface area (TPSA) is 3.24 Å². The molecule has 0 amide bonds. The van der Waals surface area contributed by atoms with Crippen molar-refractivity contribution in [1.82, 2.24) is 4.90 Å². The van der Waals surface area contributed by atoms with E-state index in [9.17, 15) is 0 Å². The van der Waals surface area contributed by atoms with Gasteiger partial charge in [-0.3, -0.25) is 0 Å². The zero-order valence-electron chi connectivity index (χ0n) is 17.0. The zero-order chi connectivity index (χ0) is 17.8. The summed E-state index contributed by atoms with van der Waals surface area (Å²) < 4.78 is 0. The molecule has 0 bridgehead atoms. The predicted molar refractivity (Wildman–Crippen MR) is 109 cm³/mol. The monoisotopic (exact) mass is 341 g/mol. The normalized spacial score (nSPS) is 26.5. The van der Waals surface area contributed by atoms with Crippen molar-refractivity contribution < 1.29 is 0 Å². The Hall–Kier alpha value is -0.820. The number of hydrogen-bond donors (Lipinski definition) is 0. The molecule has 140 valence electrons. The number of nitrogens with zero attached hydrogens (tertiary/aromatic N) is 1. The molecular formula is C24H39N. The van der Waals surface area contributed by atoms with Crippen LogP contribution in [0.4, 0.5) is 0 Å². The van der Waals surface area contributed by atoms with Crippen molar-refractivity contribution in [3.63, 3.8) is 0 Å². The second-order valence-corrected chi connectivity index (χ2v) is 9.42. The summed E-state index contributed by atoms with van der Waals surface area (Å²) in [5, 5.41) is 0. The fourth-order valence-electron chi connectivity index (χ4n) is 5.00. The van der Waals surface area contributed by atoms with Crippen molar-refractivity contribution in [3.8, 4) is 0 Å². The van der Waals surface area contributed by atoms with Gasteiger partial charge in [0.15, 0.2) is 0 Å². The molecule has 1 saturated carbocycles. The van der Waals surface area contributed by atoms with Crippen molar-refractivity contribution in [2.45, 2.75) is 78.1 Å². The quantitative estimate of drug-likeness (QED) is 0.594. The largest absolute Gasteiger partial charge is 0.303 e. The molecule has 1 aliphatic heterocycles. The first-order valence-electron chi connectivity index (χ1n) is 10.8. The van der Waals surface area contributed by atoms with Gasteiger partial charge in [0.05, 0.1) is 0 Å². The molecule has 0 spiro atoms. The fraction of sp³-hybridized carbons (Fsp3) is 0.750. The second kappa shape index (κ2) is 8.71. The van der Waals surface area contributed by atoms with Crippen LogP contribution in [0.3, 0.4) is 0 Å². The lowest BCUT2D eigenvalue weighted by molar-refractivity contribution is 0.141. The molecule has 0 aromatic heterocycles. The molecule has 1 nitrogen and oxygen atoms in total. The highest BCUT2D eigenvalue weighted by atomic mass is 15.1. The van der Waals surface area contributed by atoms with Crippen LogP contribution in [0.5, 0.6) is 0 Å². The van der Waals surface area contributed by atoms with Crippen LogP contribution in [0.2, 0.25) is 0 Å². The molecular weight excluding hydrogens is 302 g/mol. The van der Waals surface area contributed by atoms with E-state index in [-0.39, 0.29) is 0 Å². The molecule has 1 saturated heterocycles. The van der Waals surface area contributed by atoms with Crippen molar-refractivity contribution in [1.29, 1.82) is 0 Å². The van der Waals surface area contributed by atoms with E-state index >= 15 is 0 Å². The first-order valence-corrected chi connectivity index (χ1v) is 10.8. The van der Waals surface area contributed by atoms with Crippen LogP contribution in [0.15, 0.2) is 24.3 Å². The van der Waals surface area contributed by atoms with Gasteiger partial charge in [0.25, 0.3) is 0 Å². The molecule has 1 aromatic rings. The lowest BCUT2D eigenvalue weighted by Gasteiger charge is -2.37. The average Bonchev–Trinajstić information content (AvgIpc) is 2.63. The molecule has 3 rings (SSSR count). The minimum atomic E-state index is 0.640. The van der Waals surface area contributed by atoms with Gasteiger partial charge in [0.1, 0.15) is 0 Å². The van der Waals surface area contributed by atoms with Crippen LogP contribution in [0.1, 0.15) is 89.2 Å². The maximum atomic E-state index is 2.76. The van der Waals surface area contributed by atoms with E-state index < -0.39 is 0 Å². The van der Waals surface area contributed by atoms with Crippen LogP contribution in [-0.2, 0) is 0 Å². The van der Waals surface area contributed by atoms with Gasteiger partial charge in [-0.25, -0.2) is 0 Å². The van der Waals surface area contributed by atoms with Crippen LogP contribution >= 0.6 is 0 Å². The Morgan fingerprint density at radius 3 is 1.96 bits per heavy atom. The minimum Gasteiger partial charge on any atom is -0.303 e. The van der Waals surface area contributed by atoms with Crippen LogP contribution in [0.25, 0.3) is 0 Å². The minimum absolute atomic E-state index is 0.640. The van der Waals surface area contributed by atoms with Crippen molar-refractivity contribution in [2.24, 2.45) is 17.8 Å². The number of likely N-dealkylation sites (tertiary alicyclic amines) is 1. The maximum Gasteiger partial charge on any atom is 0.000967 e. The zero-order valence-corrected chi connectivity index (χ0v) is 17.0. The lowest BCUT2D eigenvalue weighted by Crippen LogP contribution is -2.37. The van der Waals surface area contributed by atoms with Gasteiger partial charge in [-0.1, -0.05) is 52.0 Å². The summed E-state index contributed by atoms with van der Waals surface area (Å²) >= 11 is 0. The van der Waals surface area contributed by atoms with E-state index in [1.54, 1.807) is 5.56 Å². The highest BCUT2D eigenvalue weighted by Gasteiger charge is 2.27. The van der Waals surface area contributed by atoms with Crippen molar-refractivity contribution >= 4 is 0 Å². The molecule has 25 heavy (non-hydrogen) atoms. The Labute approximate surface area is 156 Å². The molecule has 0 N–H and O–H groups in total. The third kappa shape index (κ3) is 5.09. The maximum absolute atomic E-state index is 2.76. The van der Waals surface area contributed by atoms with Crippen LogP contribution in [-0.4, -0.2) is 24.5 Å². The van der Waals surface area contributed by atoms with Gasteiger partial charge in [-0.05, 0) is 92.3 Å². The van der Waals surface area contributed by atoms with Gasteiger partial charge in [0.2, 0.25) is 0 Å².